The molecule has 1 fully saturated rings. The molecule has 1 N–H and O–H groups in total. The molecule has 3 rings (SSSR count). The zero-order valence-electron chi connectivity index (χ0n) is 16.7. The average Bonchev–Trinajstić information content (AvgIpc) is 2.77. The second-order valence-corrected chi connectivity index (χ2v) is 9.13. The summed E-state index contributed by atoms with van der Waals surface area (Å²) in [6.07, 6.45) is 4.66. The van der Waals surface area contributed by atoms with Gasteiger partial charge >= 0.3 is 0 Å². The van der Waals surface area contributed by atoms with Crippen LogP contribution in [0.1, 0.15) is 25.7 Å². The number of para-hydroxylation sites is 1. The highest BCUT2D eigenvalue weighted by atomic mass is 32.2. The number of likely N-dealkylation sites (tertiary alicyclic amines) is 1. The third-order valence-corrected chi connectivity index (χ3v) is 6.87. The standard InChI is InChI=1S/C22H29N3O3S/c26-22(23-15-10-18-24-16-8-3-9-17-24)19-25(20-11-4-1-5-12-20)29(27,28)21-13-6-2-7-14-21/h1-2,4-7,11-14H,3,8-10,15-19H2,(H,23,26). The van der Waals surface area contributed by atoms with E-state index in [-0.39, 0.29) is 17.3 Å². The predicted molar refractivity (Wildman–Crippen MR) is 115 cm³/mol. The van der Waals surface area contributed by atoms with E-state index in [1.165, 1.54) is 23.6 Å². The minimum atomic E-state index is -3.83. The fraction of sp³-hybridized carbons (Fsp3) is 0.409. The third kappa shape index (κ3) is 6.05. The van der Waals surface area contributed by atoms with Crippen molar-refractivity contribution >= 4 is 21.6 Å². The maximum absolute atomic E-state index is 13.1. The van der Waals surface area contributed by atoms with E-state index in [9.17, 15) is 13.2 Å². The first-order valence-corrected chi connectivity index (χ1v) is 11.6. The van der Waals surface area contributed by atoms with Crippen LogP contribution >= 0.6 is 0 Å². The van der Waals surface area contributed by atoms with E-state index in [4.69, 9.17) is 0 Å². The number of hydrogen-bond acceptors (Lipinski definition) is 4. The monoisotopic (exact) mass is 415 g/mol. The molecular weight excluding hydrogens is 386 g/mol. The number of sulfonamides is 1. The molecule has 1 saturated heterocycles. The summed E-state index contributed by atoms with van der Waals surface area (Å²) in [5.41, 5.74) is 0.472. The first-order chi connectivity index (χ1) is 14.1. The number of rotatable bonds is 9. The number of piperidine rings is 1. The summed E-state index contributed by atoms with van der Waals surface area (Å²) in [6.45, 7) is 3.52. The number of hydrogen-bond donors (Lipinski definition) is 1. The fourth-order valence-electron chi connectivity index (χ4n) is 3.53. The first kappa shape index (κ1) is 21.3. The van der Waals surface area contributed by atoms with Crippen LogP contribution < -0.4 is 9.62 Å². The lowest BCUT2D eigenvalue weighted by Gasteiger charge is -2.26. The predicted octanol–water partition coefficient (Wildman–Crippen LogP) is 2.87. The highest BCUT2D eigenvalue weighted by molar-refractivity contribution is 7.92. The number of carbonyl (C=O) groups excluding carboxylic acids is 1. The molecule has 29 heavy (non-hydrogen) atoms. The molecule has 0 radical (unpaired) electrons. The van der Waals surface area contributed by atoms with Crippen LogP contribution in [0.15, 0.2) is 65.6 Å². The van der Waals surface area contributed by atoms with Gasteiger partial charge in [0.2, 0.25) is 5.91 Å². The summed E-state index contributed by atoms with van der Waals surface area (Å²) < 4.78 is 27.5. The average molecular weight is 416 g/mol. The van der Waals surface area contributed by atoms with Crippen LogP contribution in [-0.4, -0.2) is 51.9 Å². The number of nitrogens with one attached hydrogen (secondary N) is 1. The van der Waals surface area contributed by atoms with E-state index in [1.807, 2.05) is 6.07 Å². The second kappa shape index (κ2) is 10.4. The highest BCUT2D eigenvalue weighted by Crippen LogP contribution is 2.23. The lowest BCUT2D eigenvalue weighted by Crippen LogP contribution is -2.41. The highest BCUT2D eigenvalue weighted by Gasteiger charge is 2.26. The molecule has 1 aliphatic heterocycles. The molecule has 0 aromatic heterocycles. The van der Waals surface area contributed by atoms with Crippen molar-refractivity contribution in [1.82, 2.24) is 10.2 Å². The lowest BCUT2D eigenvalue weighted by molar-refractivity contribution is -0.119. The van der Waals surface area contributed by atoms with Crippen LogP contribution in [0.3, 0.4) is 0 Å². The van der Waals surface area contributed by atoms with E-state index < -0.39 is 10.0 Å². The Morgan fingerprint density at radius 3 is 2.21 bits per heavy atom. The van der Waals surface area contributed by atoms with Crippen molar-refractivity contribution in [3.05, 3.63) is 60.7 Å². The summed E-state index contributed by atoms with van der Waals surface area (Å²) in [5, 5.41) is 2.87. The maximum atomic E-state index is 13.1. The first-order valence-electron chi connectivity index (χ1n) is 10.2. The molecule has 0 bridgehead atoms. The molecule has 0 aliphatic carbocycles. The maximum Gasteiger partial charge on any atom is 0.264 e. The largest absolute Gasteiger partial charge is 0.354 e. The normalized spacial score (nSPS) is 15.0. The van der Waals surface area contributed by atoms with Crippen LogP contribution in [0.2, 0.25) is 0 Å². The van der Waals surface area contributed by atoms with Gasteiger partial charge in [0.1, 0.15) is 6.54 Å². The van der Waals surface area contributed by atoms with Gasteiger partial charge in [-0.05, 0) is 63.2 Å². The Bertz CT molecular complexity index is 867. The number of anilines is 1. The van der Waals surface area contributed by atoms with Gasteiger partial charge in [0.25, 0.3) is 10.0 Å². The Labute approximate surface area is 173 Å². The van der Waals surface area contributed by atoms with Crippen molar-refractivity contribution in [2.24, 2.45) is 0 Å². The van der Waals surface area contributed by atoms with E-state index in [1.54, 1.807) is 54.6 Å². The molecule has 0 unspecified atom stereocenters. The summed E-state index contributed by atoms with van der Waals surface area (Å²) in [4.78, 5) is 15.1. The smallest absolute Gasteiger partial charge is 0.264 e. The number of carbonyl (C=O) groups is 1. The van der Waals surface area contributed by atoms with E-state index in [0.717, 1.165) is 26.1 Å². The van der Waals surface area contributed by atoms with Crippen LogP contribution in [0.5, 0.6) is 0 Å². The Kier molecular flexibility index (Phi) is 7.66. The molecule has 6 nitrogen and oxygen atoms in total. The Morgan fingerprint density at radius 2 is 1.55 bits per heavy atom. The van der Waals surface area contributed by atoms with E-state index in [2.05, 4.69) is 10.2 Å². The molecule has 1 aliphatic rings. The van der Waals surface area contributed by atoms with Crippen molar-refractivity contribution in [2.75, 3.05) is 37.0 Å². The van der Waals surface area contributed by atoms with Gasteiger partial charge < -0.3 is 10.2 Å². The minimum absolute atomic E-state index is 0.168. The van der Waals surface area contributed by atoms with Gasteiger partial charge in [-0.2, -0.15) is 0 Å². The Morgan fingerprint density at radius 1 is 0.931 bits per heavy atom. The zero-order chi connectivity index (χ0) is 20.5. The molecule has 0 atom stereocenters. The van der Waals surface area contributed by atoms with E-state index in [0.29, 0.717) is 12.2 Å². The molecule has 0 spiro atoms. The topological polar surface area (TPSA) is 69.7 Å². The van der Waals surface area contributed by atoms with Crippen LogP contribution in [0.25, 0.3) is 0 Å². The Hall–Kier alpha value is -2.38. The van der Waals surface area contributed by atoms with Gasteiger partial charge in [0.05, 0.1) is 10.6 Å². The molecule has 7 heteroatoms. The third-order valence-electron chi connectivity index (χ3n) is 5.08. The van der Waals surface area contributed by atoms with Gasteiger partial charge in [-0.3, -0.25) is 9.10 Å². The van der Waals surface area contributed by atoms with Crippen LogP contribution in [-0.2, 0) is 14.8 Å². The Balaban J connectivity index is 1.62. The summed E-state index contributed by atoms with van der Waals surface area (Å²) in [7, 11) is -3.83. The molecule has 1 heterocycles. The van der Waals surface area contributed by atoms with Crippen molar-refractivity contribution in [3.8, 4) is 0 Å². The number of nitrogens with zero attached hydrogens (tertiary/aromatic N) is 2. The van der Waals surface area contributed by atoms with Gasteiger partial charge in [-0.15, -0.1) is 0 Å². The lowest BCUT2D eigenvalue weighted by atomic mass is 10.1. The van der Waals surface area contributed by atoms with Gasteiger partial charge in [0, 0.05) is 6.54 Å². The molecule has 0 saturated carbocycles. The number of amides is 1. The minimum Gasteiger partial charge on any atom is -0.354 e. The van der Waals surface area contributed by atoms with Crippen molar-refractivity contribution in [1.29, 1.82) is 0 Å². The molecule has 1 amide bonds. The molecule has 156 valence electrons. The van der Waals surface area contributed by atoms with Crippen molar-refractivity contribution in [3.63, 3.8) is 0 Å². The fourth-order valence-corrected chi connectivity index (χ4v) is 4.97. The molecule has 2 aromatic carbocycles. The van der Waals surface area contributed by atoms with Gasteiger partial charge in [0.15, 0.2) is 0 Å². The molecular formula is C22H29N3O3S. The summed E-state index contributed by atoms with van der Waals surface area (Å²) >= 11 is 0. The SMILES string of the molecule is O=C(CN(c1ccccc1)S(=O)(=O)c1ccccc1)NCCCN1CCCCC1. The van der Waals surface area contributed by atoms with Crippen LogP contribution in [0, 0.1) is 0 Å². The van der Waals surface area contributed by atoms with Gasteiger partial charge in [-0.25, -0.2) is 8.42 Å². The van der Waals surface area contributed by atoms with Gasteiger partial charge in [-0.1, -0.05) is 42.8 Å². The van der Waals surface area contributed by atoms with Crippen molar-refractivity contribution < 1.29 is 13.2 Å². The second-order valence-electron chi connectivity index (χ2n) is 7.27. The summed E-state index contributed by atoms with van der Waals surface area (Å²) in [6, 6.07) is 16.9. The zero-order valence-corrected chi connectivity index (χ0v) is 17.5. The van der Waals surface area contributed by atoms with Crippen LogP contribution in [0.4, 0.5) is 5.69 Å². The van der Waals surface area contributed by atoms with Crippen molar-refractivity contribution in [2.45, 2.75) is 30.6 Å². The summed E-state index contributed by atoms with van der Waals surface area (Å²) in [5.74, 6) is -0.299. The quantitative estimate of drug-likeness (QED) is 0.640. The van der Waals surface area contributed by atoms with E-state index >= 15 is 0 Å². The number of benzene rings is 2. The molecule has 2 aromatic rings.